The number of halogens is 3. The van der Waals surface area contributed by atoms with Crippen LogP contribution in [0.1, 0.15) is 12.5 Å². The summed E-state index contributed by atoms with van der Waals surface area (Å²) in [6.07, 6.45) is 0.551. The lowest BCUT2D eigenvalue weighted by atomic mass is 10.1. The maximum atomic E-state index is 13.6. The molecule has 0 saturated heterocycles. The van der Waals surface area contributed by atoms with Crippen LogP contribution in [0, 0.1) is 11.6 Å². The Morgan fingerprint density at radius 2 is 1.80 bits per heavy atom. The number of anilines is 1. The predicted octanol–water partition coefficient (Wildman–Crippen LogP) is 3.65. The van der Waals surface area contributed by atoms with Crippen molar-refractivity contribution < 1.29 is 18.4 Å². The third-order valence-electron chi connectivity index (χ3n) is 3.57. The molecule has 0 fully saturated rings. The van der Waals surface area contributed by atoms with Gasteiger partial charge in [-0.3, -0.25) is 9.59 Å². The van der Waals surface area contributed by atoms with E-state index in [9.17, 15) is 18.4 Å². The number of rotatable bonds is 6. The third kappa shape index (κ3) is 5.83. The summed E-state index contributed by atoms with van der Waals surface area (Å²) in [5.74, 6) is -2.44. The Hall–Kier alpha value is -2.47. The normalized spacial score (nSPS) is 10.4. The van der Waals surface area contributed by atoms with E-state index in [1.54, 1.807) is 12.1 Å². The fraction of sp³-hybridized carbons (Fsp3) is 0.222. The highest BCUT2D eigenvalue weighted by atomic mass is 35.5. The smallest absolute Gasteiger partial charge is 0.244 e. The van der Waals surface area contributed by atoms with Crippen molar-refractivity contribution in [1.82, 2.24) is 4.90 Å². The molecule has 0 bridgehead atoms. The molecule has 0 unspecified atom stereocenters. The van der Waals surface area contributed by atoms with Gasteiger partial charge in [0, 0.05) is 24.6 Å². The lowest BCUT2D eigenvalue weighted by Crippen LogP contribution is -2.38. The highest BCUT2D eigenvalue weighted by Crippen LogP contribution is 2.15. The van der Waals surface area contributed by atoms with E-state index in [0.717, 1.165) is 17.7 Å². The van der Waals surface area contributed by atoms with Crippen molar-refractivity contribution in [2.75, 3.05) is 18.4 Å². The Balaban J connectivity index is 1.94. The Labute approximate surface area is 149 Å². The van der Waals surface area contributed by atoms with Gasteiger partial charge in [-0.15, -0.1) is 0 Å². The van der Waals surface area contributed by atoms with Crippen molar-refractivity contribution in [2.45, 2.75) is 13.3 Å². The largest absolute Gasteiger partial charge is 0.333 e. The van der Waals surface area contributed by atoms with Gasteiger partial charge in [-0.05, 0) is 36.2 Å². The molecule has 132 valence electrons. The standard InChI is InChI=1S/C18H17ClF2N2O2/c1-12(24)23(9-8-13-2-4-14(19)5-3-13)11-18(25)22-17-7-6-15(20)10-16(17)21/h2-7,10H,8-9,11H2,1H3,(H,22,25). The molecule has 0 aliphatic rings. The molecular formula is C18H17ClF2N2O2. The average Bonchev–Trinajstić information content (AvgIpc) is 2.55. The number of nitrogens with zero attached hydrogens (tertiary/aromatic N) is 1. The number of carbonyl (C=O) groups is 2. The molecule has 2 aromatic rings. The van der Waals surface area contributed by atoms with Gasteiger partial charge in [0.05, 0.1) is 12.2 Å². The van der Waals surface area contributed by atoms with Crippen LogP contribution in [0.25, 0.3) is 0 Å². The van der Waals surface area contributed by atoms with E-state index in [1.807, 2.05) is 12.1 Å². The van der Waals surface area contributed by atoms with Crippen molar-refractivity contribution in [1.29, 1.82) is 0 Å². The molecular weight excluding hydrogens is 350 g/mol. The zero-order chi connectivity index (χ0) is 18.4. The molecule has 0 aliphatic heterocycles. The van der Waals surface area contributed by atoms with E-state index in [2.05, 4.69) is 5.32 Å². The summed E-state index contributed by atoms with van der Waals surface area (Å²) in [5, 5.41) is 2.95. The van der Waals surface area contributed by atoms with E-state index in [-0.39, 0.29) is 18.1 Å². The summed E-state index contributed by atoms with van der Waals surface area (Å²) in [6.45, 7) is 1.46. The topological polar surface area (TPSA) is 49.4 Å². The fourth-order valence-corrected chi connectivity index (χ4v) is 2.34. The molecule has 0 aromatic heterocycles. The number of amides is 2. The Morgan fingerprint density at radius 1 is 1.12 bits per heavy atom. The van der Waals surface area contributed by atoms with Gasteiger partial charge in [-0.25, -0.2) is 8.78 Å². The molecule has 0 heterocycles. The second kappa shape index (κ2) is 8.58. The van der Waals surface area contributed by atoms with Gasteiger partial charge in [0.2, 0.25) is 11.8 Å². The van der Waals surface area contributed by atoms with Gasteiger partial charge >= 0.3 is 0 Å². The second-order valence-electron chi connectivity index (χ2n) is 5.49. The first kappa shape index (κ1) is 18.9. The molecule has 0 radical (unpaired) electrons. The Kier molecular flexibility index (Phi) is 6.47. The summed E-state index contributed by atoms with van der Waals surface area (Å²) >= 11 is 5.82. The Bertz CT molecular complexity index is 766. The summed E-state index contributed by atoms with van der Waals surface area (Å²) in [7, 11) is 0. The van der Waals surface area contributed by atoms with Gasteiger partial charge in [0.25, 0.3) is 0 Å². The van der Waals surface area contributed by atoms with Crippen molar-refractivity contribution >= 4 is 29.1 Å². The number of benzene rings is 2. The van der Waals surface area contributed by atoms with Crippen molar-refractivity contribution in [3.05, 3.63) is 64.7 Å². The highest BCUT2D eigenvalue weighted by molar-refractivity contribution is 6.30. The van der Waals surface area contributed by atoms with Crippen LogP contribution in [0.2, 0.25) is 5.02 Å². The molecule has 1 N–H and O–H groups in total. The highest BCUT2D eigenvalue weighted by Gasteiger charge is 2.15. The van der Waals surface area contributed by atoms with Gasteiger partial charge in [0.1, 0.15) is 11.6 Å². The molecule has 2 rings (SSSR count). The molecule has 0 atom stereocenters. The van der Waals surface area contributed by atoms with Crippen molar-refractivity contribution in [3.8, 4) is 0 Å². The van der Waals surface area contributed by atoms with Gasteiger partial charge in [-0.1, -0.05) is 23.7 Å². The van der Waals surface area contributed by atoms with E-state index in [1.165, 1.54) is 11.8 Å². The summed E-state index contributed by atoms with van der Waals surface area (Å²) in [5.41, 5.74) is 0.841. The third-order valence-corrected chi connectivity index (χ3v) is 3.82. The van der Waals surface area contributed by atoms with Crippen LogP contribution in [0.4, 0.5) is 14.5 Å². The van der Waals surface area contributed by atoms with Crippen LogP contribution >= 0.6 is 11.6 Å². The molecule has 0 aliphatic carbocycles. The Morgan fingerprint density at radius 3 is 2.40 bits per heavy atom. The molecule has 0 spiro atoms. The first-order chi connectivity index (χ1) is 11.8. The first-order valence-corrected chi connectivity index (χ1v) is 7.98. The minimum Gasteiger partial charge on any atom is -0.333 e. The van der Waals surface area contributed by atoms with Crippen LogP contribution < -0.4 is 5.32 Å². The van der Waals surface area contributed by atoms with Gasteiger partial charge in [-0.2, -0.15) is 0 Å². The molecule has 7 heteroatoms. The summed E-state index contributed by atoms with van der Waals surface area (Å²) in [6, 6.07) is 10.0. The molecule has 0 saturated carbocycles. The monoisotopic (exact) mass is 366 g/mol. The average molecular weight is 367 g/mol. The zero-order valence-electron chi connectivity index (χ0n) is 13.6. The number of nitrogens with one attached hydrogen (secondary N) is 1. The quantitative estimate of drug-likeness (QED) is 0.848. The molecule has 4 nitrogen and oxygen atoms in total. The van der Waals surface area contributed by atoms with Crippen molar-refractivity contribution in [3.63, 3.8) is 0 Å². The lowest BCUT2D eigenvalue weighted by molar-refractivity contribution is -0.132. The van der Waals surface area contributed by atoms with Crippen molar-refractivity contribution in [2.24, 2.45) is 0 Å². The van der Waals surface area contributed by atoms with Crippen LogP contribution in [0.3, 0.4) is 0 Å². The molecule has 2 amide bonds. The number of hydrogen-bond donors (Lipinski definition) is 1. The number of hydrogen-bond acceptors (Lipinski definition) is 2. The summed E-state index contributed by atoms with van der Waals surface area (Å²) in [4.78, 5) is 25.1. The first-order valence-electron chi connectivity index (χ1n) is 7.60. The van der Waals surface area contributed by atoms with Crippen LogP contribution in [0.15, 0.2) is 42.5 Å². The maximum absolute atomic E-state index is 13.6. The zero-order valence-corrected chi connectivity index (χ0v) is 14.3. The fourth-order valence-electron chi connectivity index (χ4n) is 2.22. The van der Waals surface area contributed by atoms with Crippen LogP contribution in [0.5, 0.6) is 0 Å². The maximum Gasteiger partial charge on any atom is 0.244 e. The lowest BCUT2D eigenvalue weighted by Gasteiger charge is -2.20. The second-order valence-corrected chi connectivity index (χ2v) is 5.93. The predicted molar refractivity (Wildman–Crippen MR) is 92.4 cm³/mol. The van der Waals surface area contributed by atoms with E-state index < -0.39 is 17.5 Å². The van der Waals surface area contributed by atoms with E-state index in [4.69, 9.17) is 11.6 Å². The minimum atomic E-state index is -0.871. The minimum absolute atomic E-state index is 0.132. The van der Waals surface area contributed by atoms with E-state index >= 15 is 0 Å². The van der Waals surface area contributed by atoms with E-state index in [0.29, 0.717) is 24.1 Å². The van der Waals surface area contributed by atoms with Gasteiger partial charge < -0.3 is 10.2 Å². The summed E-state index contributed by atoms with van der Waals surface area (Å²) < 4.78 is 26.4. The molecule has 2 aromatic carbocycles. The van der Waals surface area contributed by atoms with Crippen LogP contribution in [-0.4, -0.2) is 29.8 Å². The van der Waals surface area contributed by atoms with Gasteiger partial charge in [0.15, 0.2) is 0 Å². The van der Waals surface area contributed by atoms with Crippen LogP contribution in [-0.2, 0) is 16.0 Å². The number of carbonyl (C=O) groups excluding carboxylic acids is 2. The molecule has 25 heavy (non-hydrogen) atoms. The SMILES string of the molecule is CC(=O)N(CCc1ccc(Cl)cc1)CC(=O)Nc1ccc(F)cc1F.